The number of hydrogen-bond acceptors (Lipinski definition) is 5. The predicted octanol–water partition coefficient (Wildman–Crippen LogP) is 3.58. The number of aryl methyl sites for hydroxylation is 1. The monoisotopic (exact) mass is 386 g/mol. The summed E-state index contributed by atoms with van der Waals surface area (Å²) >= 11 is 0. The molecule has 1 rings (SSSR count). The number of esters is 1. The minimum absolute atomic E-state index is 0.138. The maximum absolute atomic E-state index is 12.8. The summed E-state index contributed by atoms with van der Waals surface area (Å²) < 4.78 is 36.6. The Bertz CT molecular complexity index is 662. The number of ether oxygens (including phenoxy) is 1. The smallest absolute Gasteiger partial charge is 0.306 e. The van der Waals surface area contributed by atoms with Crippen LogP contribution in [0.2, 0.25) is 19.6 Å². The molecule has 0 spiro atoms. The van der Waals surface area contributed by atoms with Crippen molar-refractivity contribution in [3.8, 4) is 0 Å². The summed E-state index contributed by atoms with van der Waals surface area (Å²) in [5.41, 5.74) is 1.00. The van der Waals surface area contributed by atoms with Crippen molar-refractivity contribution >= 4 is 24.1 Å². The van der Waals surface area contributed by atoms with Gasteiger partial charge in [-0.05, 0) is 51.5 Å². The fourth-order valence-electron chi connectivity index (χ4n) is 2.44. The molecule has 0 unspecified atom stereocenters. The lowest BCUT2D eigenvalue weighted by atomic mass is 10.0. The highest BCUT2D eigenvalue weighted by molar-refractivity contribution is 7.91. The van der Waals surface area contributed by atoms with Gasteiger partial charge in [0.2, 0.25) is 0 Å². The van der Waals surface area contributed by atoms with Crippen LogP contribution in [0.5, 0.6) is 0 Å². The van der Waals surface area contributed by atoms with Gasteiger partial charge in [-0.3, -0.25) is 4.79 Å². The summed E-state index contributed by atoms with van der Waals surface area (Å²) in [5, 5.41) is 0. The highest BCUT2D eigenvalue weighted by Crippen LogP contribution is 2.23. The molecule has 0 aliphatic carbocycles. The van der Waals surface area contributed by atoms with Gasteiger partial charge < -0.3 is 9.16 Å². The molecule has 142 valence electrons. The molecule has 7 heteroatoms. The van der Waals surface area contributed by atoms with Crippen molar-refractivity contribution < 1.29 is 22.4 Å². The molecule has 0 bridgehead atoms. The van der Waals surface area contributed by atoms with Crippen LogP contribution < -0.4 is 0 Å². The Morgan fingerprint density at radius 3 is 2.20 bits per heavy atom. The maximum atomic E-state index is 12.8. The second-order valence-electron chi connectivity index (χ2n) is 7.35. The molecule has 0 saturated carbocycles. The molecule has 0 N–H and O–H groups in total. The van der Waals surface area contributed by atoms with Gasteiger partial charge in [0.05, 0.1) is 29.8 Å². The second kappa shape index (κ2) is 8.96. The van der Waals surface area contributed by atoms with E-state index in [1.807, 2.05) is 33.5 Å². The van der Waals surface area contributed by atoms with Gasteiger partial charge in [0.15, 0.2) is 18.2 Å². The van der Waals surface area contributed by atoms with E-state index in [2.05, 4.69) is 0 Å². The minimum Gasteiger partial charge on any atom is -0.466 e. The average molecular weight is 387 g/mol. The first-order valence-electron chi connectivity index (χ1n) is 8.57. The van der Waals surface area contributed by atoms with E-state index in [0.29, 0.717) is 6.61 Å². The van der Waals surface area contributed by atoms with Crippen molar-refractivity contribution in [3.05, 3.63) is 29.8 Å². The first-order valence-corrected chi connectivity index (χ1v) is 13.6. The van der Waals surface area contributed by atoms with Gasteiger partial charge in [-0.25, -0.2) is 8.42 Å². The standard InChI is InChI=1S/C18H30O5SSi/c1-7-22-18(19)12-15(3)17(23-25(4,5)6)13-24(20,21)16-10-8-14(2)9-11-16/h8-11,15,17H,7,12-13H2,1-6H3/t15-,17-/m1/s1. The molecule has 2 atom stereocenters. The molecule has 0 radical (unpaired) electrons. The Hall–Kier alpha value is -1.18. The highest BCUT2D eigenvalue weighted by Gasteiger charge is 2.32. The fourth-order valence-corrected chi connectivity index (χ4v) is 5.36. The van der Waals surface area contributed by atoms with Gasteiger partial charge in [0.25, 0.3) is 0 Å². The number of sulfone groups is 1. The van der Waals surface area contributed by atoms with Crippen LogP contribution in [0.4, 0.5) is 0 Å². The topological polar surface area (TPSA) is 69.7 Å². The molecule has 0 fully saturated rings. The van der Waals surface area contributed by atoms with E-state index in [1.54, 1.807) is 31.2 Å². The summed E-state index contributed by atoms with van der Waals surface area (Å²) in [5.74, 6) is -0.709. The van der Waals surface area contributed by atoms with Crippen molar-refractivity contribution in [2.75, 3.05) is 12.4 Å². The van der Waals surface area contributed by atoms with Gasteiger partial charge in [0.1, 0.15) is 0 Å². The Morgan fingerprint density at radius 2 is 1.72 bits per heavy atom. The lowest BCUT2D eigenvalue weighted by molar-refractivity contribution is -0.144. The molecule has 0 saturated heterocycles. The Morgan fingerprint density at radius 1 is 1.16 bits per heavy atom. The minimum atomic E-state index is -3.50. The molecule has 1 aromatic carbocycles. The molecule has 0 amide bonds. The van der Waals surface area contributed by atoms with Crippen LogP contribution in [0.25, 0.3) is 0 Å². The van der Waals surface area contributed by atoms with Gasteiger partial charge in [-0.15, -0.1) is 0 Å². The molecular formula is C18H30O5SSi. The number of carbonyl (C=O) groups excluding carboxylic acids is 1. The fraction of sp³-hybridized carbons (Fsp3) is 0.611. The van der Waals surface area contributed by atoms with Gasteiger partial charge in [0, 0.05) is 0 Å². The van der Waals surface area contributed by atoms with Crippen molar-refractivity contribution in [3.63, 3.8) is 0 Å². The Labute approximate surface area is 152 Å². The van der Waals surface area contributed by atoms with Crippen molar-refractivity contribution in [1.29, 1.82) is 0 Å². The lowest BCUT2D eigenvalue weighted by Gasteiger charge is -2.30. The third kappa shape index (κ3) is 7.71. The first-order chi connectivity index (χ1) is 11.4. The third-order valence-corrected chi connectivity index (χ3v) is 6.46. The van der Waals surface area contributed by atoms with Gasteiger partial charge >= 0.3 is 5.97 Å². The zero-order valence-corrected chi connectivity index (χ0v) is 17.9. The lowest BCUT2D eigenvalue weighted by Crippen LogP contribution is -2.40. The van der Waals surface area contributed by atoms with Crippen LogP contribution in [0.3, 0.4) is 0 Å². The zero-order valence-electron chi connectivity index (χ0n) is 16.0. The predicted molar refractivity (Wildman–Crippen MR) is 102 cm³/mol. The largest absolute Gasteiger partial charge is 0.466 e. The summed E-state index contributed by atoms with van der Waals surface area (Å²) in [6, 6.07) is 6.80. The van der Waals surface area contributed by atoms with E-state index in [0.717, 1.165) is 5.56 Å². The SMILES string of the molecule is CCOC(=O)C[C@@H](C)[C@@H](CS(=O)(=O)c1ccc(C)cc1)O[Si](C)(C)C. The second-order valence-corrected chi connectivity index (χ2v) is 13.8. The molecule has 1 aromatic rings. The molecule has 0 heterocycles. The van der Waals surface area contributed by atoms with Crippen molar-refractivity contribution in [2.24, 2.45) is 5.92 Å². The zero-order chi connectivity index (χ0) is 19.3. The quantitative estimate of drug-likeness (QED) is 0.479. The van der Waals surface area contributed by atoms with Crippen LogP contribution >= 0.6 is 0 Å². The van der Waals surface area contributed by atoms with Crippen LogP contribution in [0.1, 0.15) is 25.8 Å². The number of benzene rings is 1. The van der Waals surface area contributed by atoms with E-state index in [-0.39, 0.29) is 29.0 Å². The van der Waals surface area contributed by atoms with Crippen LogP contribution in [0.15, 0.2) is 29.2 Å². The van der Waals surface area contributed by atoms with Crippen LogP contribution in [-0.2, 0) is 23.8 Å². The summed E-state index contributed by atoms with van der Waals surface area (Å²) in [4.78, 5) is 12.1. The normalized spacial score (nSPS) is 14.8. The molecular weight excluding hydrogens is 356 g/mol. The number of rotatable bonds is 9. The van der Waals surface area contributed by atoms with Gasteiger partial charge in [-0.1, -0.05) is 24.6 Å². The number of hydrogen-bond donors (Lipinski definition) is 0. The molecule has 0 aliphatic heterocycles. The van der Waals surface area contributed by atoms with E-state index >= 15 is 0 Å². The van der Waals surface area contributed by atoms with Crippen LogP contribution in [0, 0.1) is 12.8 Å². The summed E-state index contributed by atoms with van der Waals surface area (Å²) in [7, 11) is -5.48. The van der Waals surface area contributed by atoms with E-state index < -0.39 is 24.3 Å². The van der Waals surface area contributed by atoms with Crippen LogP contribution in [-0.4, -0.2) is 41.2 Å². The van der Waals surface area contributed by atoms with E-state index in [1.165, 1.54) is 0 Å². The van der Waals surface area contributed by atoms with E-state index in [9.17, 15) is 13.2 Å². The van der Waals surface area contributed by atoms with Crippen molar-refractivity contribution in [2.45, 2.75) is 57.8 Å². The molecule has 25 heavy (non-hydrogen) atoms. The summed E-state index contributed by atoms with van der Waals surface area (Å²) in [6.07, 6.45) is -0.394. The highest BCUT2D eigenvalue weighted by atomic mass is 32.2. The average Bonchev–Trinajstić information content (AvgIpc) is 2.45. The molecule has 0 aromatic heterocycles. The Kier molecular flexibility index (Phi) is 7.83. The maximum Gasteiger partial charge on any atom is 0.306 e. The van der Waals surface area contributed by atoms with E-state index in [4.69, 9.17) is 9.16 Å². The summed E-state index contributed by atoms with van der Waals surface area (Å²) in [6.45, 7) is 11.8. The van der Waals surface area contributed by atoms with Gasteiger partial charge in [-0.2, -0.15) is 0 Å². The third-order valence-electron chi connectivity index (χ3n) is 3.70. The van der Waals surface area contributed by atoms with Crippen molar-refractivity contribution in [1.82, 2.24) is 0 Å². The molecule has 0 aliphatic rings. The Balaban J connectivity index is 2.99. The number of carbonyl (C=O) groups is 1. The first kappa shape index (κ1) is 21.9. The molecule has 5 nitrogen and oxygen atoms in total.